The highest BCUT2D eigenvalue weighted by molar-refractivity contribution is 5.04. The van der Waals surface area contributed by atoms with E-state index < -0.39 is 0 Å². The van der Waals surface area contributed by atoms with E-state index in [-0.39, 0.29) is 5.60 Å². The molecular formula is C15H26N2O2. The molecular weight excluding hydrogens is 240 g/mol. The van der Waals surface area contributed by atoms with Crippen LogP contribution in [0.1, 0.15) is 51.8 Å². The number of imidazole rings is 1. The lowest BCUT2D eigenvalue weighted by Crippen LogP contribution is -2.34. The van der Waals surface area contributed by atoms with E-state index in [1.165, 1.54) is 5.82 Å². The van der Waals surface area contributed by atoms with Gasteiger partial charge in [0, 0.05) is 44.7 Å². The Morgan fingerprint density at radius 3 is 3.11 bits per heavy atom. The standard InChI is InChI=1S/C15H26N2O2/c1-4-18-10-5-8-17-9-7-16-14(17)13-6-11-19-15(2,3)12-13/h7,9,13H,4-6,8,10-12H2,1-3H3. The first-order chi connectivity index (χ1) is 9.12. The monoisotopic (exact) mass is 266 g/mol. The maximum Gasteiger partial charge on any atom is 0.111 e. The van der Waals surface area contributed by atoms with E-state index in [1.807, 2.05) is 13.1 Å². The third-order valence-corrected chi connectivity index (χ3v) is 3.70. The fraction of sp³-hybridized carbons (Fsp3) is 0.800. The van der Waals surface area contributed by atoms with E-state index in [0.29, 0.717) is 5.92 Å². The topological polar surface area (TPSA) is 36.3 Å². The van der Waals surface area contributed by atoms with Crippen molar-refractivity contribution < 1.29 is 9.47 Å². The summed E-state index contributed by atoms with van der Waals surface area (Å²) in [5.41, 5.74) is -0.0228. The van der Waals surface area contributed by atoms with Gasteiger partial charge in [-0.25, -0.2) is 4.98 Å². The maximum absolute atomic E-state index is 5.79. The van der Waals surface area contributed by atoms with Crippen LogP contribution in [0.4, 0.5) is 0 Å². The van der Waals surface area contributed by atoms with Gasteiger partial charge in [-0.05, 0) is 40.0 Å². The molecule has 1 aliphatic heterocycles. The summed E-state index contributed by atoms with van der Waals surface area (Å²) >= 11 is 0. The molecule has 0 aromatic carbocycles. The molecule has 1 saturated heterocycles. The number of ether oxygens (including phenoxy) is 2. The first-order valence-corrected chi connectivity index (χ1v) is 7.35. The number of aromatic nitrogens is 2. The highest BCUT2D eigenvalue weighted by Crippen LogP contribution is 2.34. The van der Waals surface area contributed by atoms with Gasteiger partial charge in [-0.3, -0.25) is 0 Å². The van der Waals surface area contributed by atoms with Crippen LogP contribution in [0.5, 0.6) is 0 Å². The van der Waals surface area contributed by atoms with Crippen molar-refractivity contribution in [1.29, 1.82) is 0 Å². The van der Waals surface area contributed by atoms with Crippen molar-refractivity contribution in [1.82, 2.24) is 9.55 Å². The lowest BCUT2D eigenvalue weighted by atomic mass is 9.88. The van der Waals surface area contributed by atoms with Crippen molar-refractivity contribution >= 4 is 0 Å². The maximum atomic E-state index is 5.79. The summed E-state index contributed by atoms with van der Waals surface area (Å²) in [7, 11) is 0. The smallest absolute Gasteiger partial charge is 0.111 e. The van der Waals surface area contributed by atoms with Gasteiger partial charge < -0.3 is 14.0 Å². The number of aryl methyl sites for hydroxylation is 1. The second-order valence-corrected chi connectivity index (χ2v) is 5.83. The van der Waals surface area contributed by atoms with Crippen molar-refractivity contribution in [3.05, 3.63) is 18.2 Å². The lowest BCUT2D eigenvalue weighted by molar-refractivity contribution is -0.0606. The Morgan fingerprint density at radius 1 is 1.53 bits per heavy atom. The molecule has 1 aliphatic rings. The van der Waals surface area contributed by atoms with Crippen molar-refractivity contribution in [2.45, 2.75) is 58.1 Å². The molecule has 1 aromatic rings. The minimum absolute atomic E-state index is 0.0228. The van der Waals surface area contributed by atoms with Crippen LogP contribution < -0.4 is 0 Å². The average Bonchev–Trinajstić information content (AvgIpc) is 2.82. The van der Waals surface area contributed by atoms with Gasteiger partial charge in [-0.15, -0.1) is 0 Å². The van der Waals surface area contributed by atoms with Gasteiger partial charge in [0.2, 0.25) is 0 Å². The Morgan fingerprint density at radius 2 is 2.37 bits per heavy atom. The van der Waals surface area contributed by atoms with E-state index in [0.717, 1.165) is 45.6 Å². The molecule has 4 nitrogen and oxygen atoms in total. The molecule has 0 N–H and O–H groups in total. The molecule has 1 fully saturated rings. The highest BCUT2D eigenvalue weighted by Gasteiger charge is 2.31. The fourth-order valence-corrected chi connectivity index (χ4v) is 2.80. The van der Waals surface area contributed by atoms with E-state index in [4.69, 9.17) is 9.47 Å². The molecule has 0 spiro atoms. The Balaban J connectivity index is 1.94. The predicted molar refractivity (Wildman–Crippen MR) is 75.3 cm³/mol. The summed E-state index contributed by atoms with van der Waals surface area (Å²) < 4.78 is 13.5. The van der Waals surface area contributed by atoms with Gasteiger partial charge in [0.1, 0.15) is 5.82 Å². The van der Waals surface area contributed by atoms with Crippen LogP contribution in [0.15, 0.2) is 12.4 Å². The number of rotatable bonds is 6. The van der Waals surface area contributed by atoms with Crippen LogP contribution in [0.3, 0.4) is 0 Å². The quantitative estimate of drug-likeness (QED) is 0.743. The molecule has 0 radical (unpaired) electrons. The average molecular weight is 266 g/mol. The number of hydrogen-bond donors (Lipinski definition) is 0. The molecule has 0 saturated carbocycles. The first-order valence-electron chi connectivity index (χ1n) is 7.35. The second kappa shape index (κ2) is 6.53. The van der Waals surface area contributed by atoms with Gasteiger partial charge in [-0.1, -0.05) is 0 Å². The number of hydrogen-bond acceptors (Lipinski definition) is 3. The largest absolute Gasteiger partial charge is 0.382 e. The molecule has 2 heterocycles. The van der Waals surface area contributed by atoms with E-state index >= 15 is 0 Å². The zero-order valence-corrected chi connectivity index (χ0v) is 12.4. The normalized spacial score (nSPS) is 22.6. The van der Waals surface area contributed by atoms with Crippen LogP contribution in [-0.2, 0) is 16.0 Å². The van der Waals surface area contributed by atoms with Crippen molar-refractivity contribution in [2.24, 2.45) is 0 Å². The Bertz CT molecular complexity index is 387. The van der Waals surface area contributed by atoms with Crippen molar-refractivity contribution in [3.63, 3.8) is 0 Å². The summed E-state index contributed by atoms with van der Waals surface area (Å²) in [6.45, 7) is 9.82. The predicted octanol–water partition coefficient (Wildman–Crippen LogP) is 2.98. The zero-order chi connectivity index (χ0) is 13.7. The molecule has 0 bridgehead atoms. The summed E-state index contributed by atoms with van der Waals surface area (Å²) in [4.78, 5) is 4.57. The van der Waals surface area contributed by atoms with Crippen molar-refractivity contribution in [3.8, 4) is 0 Å². The Kier molecular flexibility index (Phi) is 4.99. The van der Waals surface area contributed by atoms with Crippen LogP contribution in [0.25, 0.3) is 0 Å². The minimum atomic E-state index is -0.0228. The molecule has 19 heavy (non-hydrogen) atoms. The molecule has 1 aromatic heterocycles. The SMILES string of the molecule is CCOCCCn1ccnc1C1CCOC(C)(C)C1. The zero-order valence-electron chi connectivity index (χ0n) is 12.4. The molecule has 0 aliphatic carbocycles. The van der Waals surface area contributed by atoms with Gasteiger partial charge >= 0.3 is 0 Å². The lowest BCUT2D eigenvalue weighted by Gasteiger charge is -2.35. The summed E-state index contributed by atoms with van der Waals surface area (Å²) in [5, 5.41) is 0. The summed E-state index contributed by atoms with van der Waals surface area (Å²) in [6.07, 6.45) is 7.17. The summed E-state index contributed by atoms with van der Waals surface area (Å²) in [6, 6.07) is 0. The summed E-state index contributed by atoms with van der Waals surface area (Å²) in [5.74, 6) is 1.73. The minimum Gasteiger partial charge on any atom is -0.382 e. The van der Waals surface area contributed by atoms with Crippen LogP contribution in [0, 0.1) is 0 Å². The second-order valence-electron chi connectivity index (χ2n) is 5.83. The third-order valence-electron chi connectivity index (χ3n) is 3.70. The Labute approximate surface area is 116 Å². The molecule has 1 unspecified atom stereocenters. The van der Waals surface area contributed by atoms with Gasteiger partial charge in [0.25, 0.3) is 0 Å². The number of nitrogens with zero attached hydrogens (tertiary/aromatic N) is 2. The van der Waals surface area contributed by atoms with Crippen LogP contribution in [0.2, 0.25) is 0 Å². The van der Waals surface area contributed by atoms with Gasteiger partial charge in [0.05, 0.1) is 5.60 Å². The van der Waals surface area contributed by atoms with Gasteiger partial charge in [-0.2, -0.15) is 0 Å². The van der Waals surface area contributed by atoms with E-state index in [1.54, 1.807) is 0 Å². The van der Waals surface area contributed by atoms with E-state index in [2.05, 4.69) is 29.6 Å². The highest BCUT2D eigenvalue weighted by atomic mass is 16.5. The fourth-order valence-electron chi connectivity index (χ4n) is 2.80. The molecule has 0 amide bonds. The van der Waals surface area contributed by atoms with Crippen LogP contribution in [-0.4, -0.2) is 35.0 Å². The molecule has 2 rings (SSSR count). The third kappa shape index (κ3) is 4.05. The van der Waals surface area contributed by atoms with E-state index in [9.17, 15) is 0 Å². The Hall–Kier alpha value is -0.870. The van der Waals surface area contributed by atoms with Gasteiger partial charge in [0.15, 0.2) is 0 Å². The molecule has 4 heteroatoms. The van der Waals surface area contributed by atoms with Crippen LogP contribution >= 0.6 is 0 Å². The van der Waals surface area contributed by atoms with Crippen molar-refractivity contribution in [2.75, 3.05) is 19.8 Å². The molecule has 1 atom stereocenters. The molecule has 108 valence electrons. The first kappa shape index (κ1) is 14.5.